The van der Waals surface area contributed by atoms with Crippen LogP contribution in [0.5, 0.6) is 0 Å². The number of aromatic nitrogens is 2. The fourth-order valence-corrected chi connectivity index (χ4v) is 4.59. The van der Waals surface area contributed by atoms with Crippen LogP contribution in [-0.4, -0.2) is 52.8 Å². The van der Waals surface area contributed by atoms with Crippen LogP contribution in [0.4, 0.5) is 0 Å². The van der Waals surface area contributed by atoms with Crippen molar-refractivity contribution in [3.63, 3.8) is 0 Å². The summed E-state index contributed by atoms with van der Waals surface area (Å²) in [6, 6.07) is 0.0261. The van der Waals surface area contributed by atoms with Crippen LogP contribution in [0, 0.1) is 6.92 Å². The molecule has 0 saturated carbocycles. The minimum Gasteiger partial charge on any atom is -0.331 e. The van der Waals surface area contributed by atoms with Gasteiger partial charge < -0.3 is 4.90 Å². The molecule has 2 aliphatic heterocycles. The quantitative estimate of drug-likeness (QED) is 0.813. The largest absolute Gasteiger partial charge is 0.331 e. The molecule has 1 amide bonds. The molecule has 1 aromatic heterocycles. The van der Waals surface area contributed by atoms with E-state index in [4.69, 9.17) is 0 Å². The van der Waals surface area contributed by atoms with Crippen molar-refractivity contribution in [1.29, 1.82) is 0 Å². The van der Waals surface area contributed by atoms with Crippen LogP contribution < -0.4 is 0 Å². The van der Waals surface area contributed by atoms with Crippen molar-refractivity contribution < 1.29 is 13.2 Å². The number of carbonyl (C=O) groups is 1. The van der Waals surface area contributed by atoms with Crippen LogP contribution in [0.15, 0.2) is 12.4 Å². The van der Waals surface area contributed by atoms with E-state index in [-0.39, 0.29) is 23.2 Å². The molecule has 3 rings (SSSR count). The van der Waals surface area contributed by atoms with Gasteiger partial charge in [-0.2, -0.15) is 0 Å². The van der Waals surface area contributed by atoms with E-state index in [1.807, 2.05) is 11.8 Å². The summed E-state index contributed by atoms with van der Waals surface area (Å²) in [4.78, 5) is 22.7. The van der Waals surface area contributed by atoms with Crippen molar-refractivity contribution in [2.24, 2.45) is 0 Å². The van der Waals surface area contributed by atoms with Crippen molar-refractivity contribution in [3.05, 3.63) is 23.8 Å². The van der Waals surface area contributed by atoms with E-state index < -0.39 is 9.84 Å². The average Bonchev–Trinajstić information content (AvgIpc) is 2.67. The van der Waals surface area contributed by atoms with Gasteiger partial charge in [0.2, 0.25) is 0 Å². The fraction of sp³-hybridized carbons (Fsp3) is 0.643. The molecule has 21 heavy (non-hydrogen) atoms. The zero-order valence-electron chi connectivity index (χ0n) is 12.2. The number of rotatable bonds is 2. The molecule has 7 heteroatoms. The first-order valence-electron chi connectivity index (χ1n) is 7.16. The normalized spacial score (nSPS) is 28.7. The Bertz CT molecular complexity index is 643. The molecule has 0 unspecified atom stereocenters. The van der Waals surface area contributed by atoms with Crippen molar-refractivity contribution in [2.45, 2.75) is 49.9 Å². The molecule has 3 heterocycles. The van der Waals surface area contributed by atoms with Gasteiger partial charge in [-0.15, -0.1) is 0 Å². The predicted octanol–water partition coefficient (Wildman–Crippen LogP) is 0.965. The highest BCUT2D eigenvalue weighted by Gasteiger charge is 2.46. The summed E-state index contributed by atoms with van der Waals surface area (Å²) in [5.41, 5.74) is 1.11. The lowest BCUT2D eigenvalue weighted by atomic mass is 10.0. The molecule has 0 radical (unpaired) electrons. The molecule has 0 spiro atoms. The Kier molecular flexibility index (Phi) is 3.47. The molecule has 2 aliphatic rings. The number of aryl methyl sites for hydroxylation is 1. The molecule has 2 fully saturated rings. The van der Waals surface area contributed by atoms with Gasteiger partial charge in [-0.1, -0.05) is 0 Å². The van der Waals surface area contributed by atoms with E-state index in [1.165, 1.54) is 12.5 Å². The van der Waals surface area contributed by atoms with Gasteiger partial charge in [-0.3, -0.25) is 9.78 Å². The van der Waals surface area contributed by atoms with Crippen molar-refractivity contribution >= 4 is 15.7 Å². The molecule has 0 aliphatic carbocycles. The summed E-state index contributed by atoms with van der Waals surface area (Å²) in [5, 5.41) is -0.317. The highest BCUT2D eigenvalue weighted by molar-refractivity contribution is 7.91. The maximum Gasteiger partial charge on any atom is 0.274 e. The van der Waals surface area contributed by atoms with Crippen LogP contribution in [0.2, 0.25) is 0 Å². The monoisotopic (exact) mass is 309 g/mol. The van der Waals surface area contributed by atoms with Crippen LogP contribution in [0.25, 0.3) is 0 Å². The molecule has 6 nitrogen and oxygen atoms in total. The lowest BCUT2D eigenvalue weighted by Gasteiger charge is -2.38. The Balaban J connectivity index is 1.82. The molecule has 114 valence electrons. The zero-order valence-corrected chi connectivity index (χ0v) is 13.0. The summed E-state index contributed by atoms with van der Waals surface area (Å²) >= 11 is 0. The topological polar surface area (TPSA) is 80.2 Å². The third-order valence-electron chi connectivity index (χ3n) is 4.53. The SMILES string of the molecule is Cc1cnc(C(=O)N2[C@H]3CC[C@H]2CC(S(C)(=O)=O)C3)cn1. The summed E-state index contributed by atoms with van der Waals surface area (Å²) in [6.45, 7) is 1.82. The van der Waals surface area contributed by atoms with Crippen LogP contribution in [-0.2, 0) is 9.84 Å². The van der Waals surface area contributed by atoms with Gasteiger partial charge in [0, 0.05) is 24.5 Å². The Morgan fingerprint density at radius 1 is 1.19 bits per heavy atom. The third-order valence-corrected chi connectivity index (χ3v) is 6.13. The first-order chi connectivity index (χ1) is 9.86. The number of carbonyl (C=O) groups excluding carboxylic acids is 1. The molecular formula is C14H19N3O3S. The maximum absolute atomic E-state index is 12.6. The third kappa shape index (κ3) is 2.66. The van der Waals surface area contributed by atoms with Gasteiger partial charge >= 0.3 is 0 Å². The number of nitrogens with zero attached hydrogens (tertiary/aromatic N) is 3. The zero-order chi connectivity index (χ0) is 15.2. The number of hydrogen-bond acceptors (Lipinski definition) is 5. The molecule has 0 N–H and O–H groups in total. The van der Waals surface area contributed by atoms with Crippen LogP contribution in [0.3, 0.4) is 0 Å². The highest BCUT2D eigenvalue weighted by Crippen LogP contribution is 2.38. The summed E-state index contributed by atoms with van der Waals surface area (Å²) in [7, 11) is -3.04. The Morgan fingerprint density at radius 2 is 1.81 bits per heavy atom. The van der Waals surface area contributed by atoms with E-state index in [2.05, 4.69) is 9.97 Å². The first kappa shape index (κ1) is 14.4. The highest BCUT2D eigenvalue weighted by atomic mass is 32.2. The Labute approximate surface area is 124 Å². The van der Waals surface area contributed by atoms with Gasteiger partial charge in [0.1, 0.15) is 15.5 Å². The minimum atomic E-state index is -3.04. The summed E-state index contributed by atoms with van der Waals surface area (Å²) < 4.78 is 23.5. The van der Waals surface area contributed by atoms with E-state index in [9.17, 15) is 13.2 Å². The summed E-state index contributed by atoms with van der Waals surface area (Å²) in [5.74, 6) is -0.123. The van der Waals surface area contributed by atoms with E-state index in [0.717, 1.165) is 18.5 Å². The minimum absolute atomic E-state index is 0.0130. The number of piperidine rings is 1. The smallest absolute Gasteiger partial charge is 0.274 e. The maximum atomic E-state index is 12.6. The molecule has 2 bridgehead atoms. The summed E-state index contributed by atoms with van der Waals surface area (Å²) in [6.07, 6.45) is 7.21. The molecular weight excluding hydrogens is 290 g/mol. The second-order valence-corrected chi connectivity index (χ2v) is 8.39. The van der Waals surface area contributed by atoms with Gasteiger partial charge in [-0.25, -0.2) is 13.4 Å². The number of hydrogen-bond donors (Lipinski definition) is 0. The average molecular weight is 309 g/mol. The Morgan fingerprint density at radius 3 is 2.29 bits per heavy atom. The lowest BCUT2D eigenvalue weighted by Crippen LogP contribution is -2.49. The number of amides is 1. The fourth-order valence-electron chi connectivity index (χ4n) is 3.44. The number of fused-ring (bicyclic) bond motifs is 2. The molecule has 2 saturated heterocycles. The van der Waals surface area contributed by atoms with E-state index >= 15 is 0 Å². The van der Waals surface area contributed by atoms with E-state index in [0.29, 0.717) is 18.5 Å². The molecule has 0 aromatic carbocycles. The van der Waals surface area contributed by atoms with Crippen molar-refractivity contribution in [1.82, 2.24) is 14.9 Å². The van der Waals surface area contributed by atoms with Gasteiger partial charge in [0.25, 0.3) is 5.91 Å². The van der Waals surface area contributed by atoms with Gasteiger partial charge in [0.15, 0.2) is 0 Å². The molecule has 1 aromatic rings. The van der Waals surface area contributed by atoms with E-state index in [1.54, 1.807) is 6.20 Å². The lowest BCUT2D eigenvalue weighted by molar-refractivity contribution is 0.0591. The second-order valence-electron chi connectivity index (χ2n) is 6.06. The van der Waals surface area contributed by atoms with Crippen LogP contribution in [0.1, 0.15) is 41.9 Å². The van der Waals surface area contributed by atoms with Gasteiger partial charge in [0.05, 0.1) is 17.1 Å². The molecule has 2 atom stereocenters. The van der Waals surface area contributed by atoms with Gasteiger partial charge in [-0.05, 0) is 32.6 Å². The Hall–Kier alpha value is -1.50. The first-order valence-corrected chi connectivity index (χ1v) is 9.12. The van der Waals surface area contributed by atoms with Crippen molar-refractivity contribution in [3.8, 4) is 0 Å². The second kappa shape index (κ2) is 5.05. The van der Waals surface area contributed by atoms with Crippen molar-refractivity contribution in [2.75, 3.05) is 6.26 Å². The predicted molar refractivity (Wildman–Crippen MR) is 77.6 cm³/mol. The van der Waals surface area contributed by atoms with Crippen LogP contribution >= 0.6 is 0 Å². The number of sulfone groups is 1. The standard InChI is InChI=1S/C14H19N3O3S/c1-9-7-16-13(8-15-9)14(18)17-10-3-4-11(17)6-12(5-10)21(2,19)20/h7-8,10-12H,3-6H2,1-2H3/t10-,11-/m0/s1.